The number of carbonyl (C=O) groups is 3. The highest BCUT2D eigenvalue weighted by Crippen LogP contribution is 2.29. The molecule has 1 aliphatic heterocycles. The first-order chi connectivity index (χ1) is 13.5. The molecule has 1 fully saturated rings. The molecule has 1 atom stereocenters. The highest BCUT2D eigenvalue weighted by atomic mass is 16.2. The minimum Gasteiger partial charge on any atom is -0.324 e. The molecule has 1 unspecified atom stereocenters. The third-order valence-electron chi connectivity index (χ3n) is 4.99. The SMILES string of the molecule is CC1(c2ccccc2)NC(=O)N(CC(=O)Nc2cccc3ccccc23)C1=O. The summed E-state index contributed by atoms with van der Waals surface area (Å²) in [6.07, 6.45) is 0. The van der Waals surface area contributed by atoms with Crippen molar-refractivity contribution in [3.8, 4) is 0 Å². The van der Waals surface area contributed by atoms with Gasteiger partial charge in [-0.15, -0.1) is 0 Å². The number of fused-ring (bicyclic) bond motifs is 1. The van der Waals surface area contributed by atoms with Crippen molar-refractivity contribution in [2.75, 3.05) is 11.9 Å². The Labute approximate surface area is 162 Å². The molecule has 0 aromatic heterocycles. The van der Waals surface area contributed by atoms with Crippen LogP contribution < -0.4 is 10.6 Å². The minimum absolute atomic E-state index is 0.351. The quantitative estimate of drug-likeness (QED) is 0.689. The van der Waals surface area contributed by atoms with E-state index in [4.69, 9.17) is 0 Å². The van der Waals surface area contributed by atoms with E-state index in [1.165, 1.54) is 0 Å². The van der Waals surface area contributed by atoms with Crippen LogP contribution in [0.5, 0.6) is 0 Å². The fraction of sp³-hybridized carbons (Fsp3) is 0.136. The van der Waals surface area contributed by atoms with Crippen LogP contribution in [0.4, 0.5) is 10.5 Å². The first kappa shape index (κ1) is 17.7. The van der Waals surface area contributed by atoms with Gasteiger partial charge in [0, 0.05) is 11.1 Å². The molecular formula is C22H19N3O3. The number of rotatable bonds is 4. The van der Waals surface area contributed by atoms with E-state index in [0.29, 0.717) is 11.3 Å². The Hall–Kier alpha value is -3.67. The van der Waals surface area contributed by atoms with Gasteiger partial charge in [0.05, 0.1) is 0 Å². The Bertz CT molecular complexity index is 1080. The zero-order chi connectivity index (χ0) is 19.7. The number of nitrogens with one attached hydrogen (secondary N) is 2. The summed E-state index contributed by atoms with van der Waals surface area (Å²) < 4.78 is 0. The lowest BCUT2D eigenvalue weighted by Gasteiger charge is -2.22. The van der Waals surface area contributed by atoms with E-state index in [-0.39, 0.29) is 6.54 Å². The van der Waals surface area contributed by atoms with Crippen molar-refractivity contribution >= 4 is 34.3 Å². The molecule has 4 rings (SSSR count). The topological polar surface area (TPSA) is 78.5 Å². The number of carbonyl (C=O) groups excluding carboxylic acids is 3. The molecule has 0 saturated carbocycles. The van der Waals surface area contributed by atoms with Gasteiger partial charge in [0.1, 0.15) is 12.1 Å². The summed E-state index contributed by atoms with van der Waals surface area (Å²) in [6, 6.07) is 21.7. The molecule has 3 aromatic carbocycles. The summed E-state index contributed by atoms with van der Waals surface area (Å²) in [6.45, 7) is 1.29. The number of hydrogen-bond acceptors (Lipinski definition) is 3. The number of anilines is 1. The van der Waals surface area contributed by atoms with Gasteiger partial charge in [-0.25, -0.2) is 4.79 Å². The molecule has 2 N–H and O–H groups in total. The van der Waals surface area contributed by atoms with E-state index in [9.17, 15) is 14.4 Å². The normalized spacial score (nSPS) is 19.0. The summed E-state index contributed by atoms with van der Waals surface area (Å²) in [5.74, 6) is -0.881. The molecule has 1 saturated heterocycles. The summed E-state index contributed by atoms with van der Waals surface area (Å²) >= 11 is 0. The number of benzene rings is 3. The highest BCUT2D eigenvalue weighted by molar-refractivity contribution is 6.11. The second-order valence-electron chi connectivity index (χ2n) is 6.89. The molecule has 140 valence electrons. The molecule has 0 radical (unpaired) electrons. The number of nitrogens with zero attached hydrogens (tertiary/aromatic N) is 1. The average molecular weight is 373 g/mol. The number of amides is 4. The van der Waals surface area contributed by atoms with E-state index < -0.39 is 23.4 Å². The smallest absolute Gasteiger partial charge is 0.324 e. The van der Waals surface area contributed by atoms with E-state index >= 15 is 0 Å². The van der Waals surface area contributed by atoms with Gasteiger partial charge in [-0.2, -0.15) is 0 Å². The van der Waals surface area contributed by atoms with Crippen molar-refractivity contribution in [2.45, 2.75) is 12.5 Å². The van der Waals surface area contributed by atoms with Crippen LogP contribution in [0.3, 0.4) is 0 Å². The van der Waals surface area contributed by atoms with Crippen molar-refractivity contribution in [3.63, 3.8) is 0 Å². The van der Waals surface area contributed by atoms with Gasteiger partial charge in [0.15, 0.2) is 0 Å². The van der Waals surface area contributed by atoms with Gasteiger partial charge in [0.25, 0.3) is 5.91 Å². The molecule has 6 heteroatoms. The molecule has 4 amide bonds. The van der Waals surface area contributed by atoms with Crippen LogP contribution in [0, 0.1) is 0 Å². The van der Waals surface area contributed by atoms with Gasteiger partial charge in [0.2, 0.25) is 5.91 Å². The molecule has 6 nitrogen and oxygen atoms in total. The summed E-state index contributed by atoms with van der Waals surface area (Å²) in [5, 5.41) is 7.40. The first-order valence-electron chi connectivity index (χ1n) is 8.96. The van der Waals surface area contributed by atoms with Crippen LogP contribution in [0.2, 0.25) is 0 Å². The van der Waals surface area contributed by atoms with Crippen molar-refractivity contribution in [1.29, 1.82) is 0 Å². The van der Waals surface area contributed by atoms with Gasteiger partial charge >= 0.3 is 6.03 Å². The molecule has 0 bridgehead atoms. The highest BCUT2D eigenvalue weighted by Gasteiger charge is 2.49. The molecule has 1 heterocycles. The van der Waals surface area contributed by atoms with E-state index in [0.717, 1.165) is 15.7 Å². The maximum Gasteiger partial charge on any atom is 0.325 e. The van der Waals surface area contributed by atoms with E-state index in [2.05, 4.69) is 10.6 Å². The summed E-state index contributed by atoms with van der Waals surface area (Å²) in [4.78, 5) is 38.8. The Balaban J connectivity index is 1.53. The predicted octanol–water partition coefficient (Wildman–Crippen LogP) is 3.25. The van der Waals surface area contributed by atoms with Gasteiger partial charge in [-0.05, 0) is 23.9 Å². The molecule has 1 aliphatic rings. The maximum atomic E-state index is 12.9. The van der Waals surface area contributed by atoms with Crippen molar-refractivity contribution in [3.05, 3.63) is 78.4 Å². The number of imide groups is 1. The average Bonchev–Trinajstić information content (AvgIpc) is 2.93. The first-order valence-corrected chi connectivity index (χ1v) is 8.96. The fourth-order valence-corrected chi connectivity index (χ4v) is 3.48. The number of urea groups is 1. The summed E-state index contributed by atoms with van der Waals surface area (Å²) in [7, 11) is 0. The molecule has 28 heavy (non-hydrogen) atoms. The standard InChI is InChI=1S/C22H19N3O3/c1-22(16-10-3-2-4-11-16)20(27)25(21(28)24-22)14-19(26)23-18-13-7-9-15-8-5-6-12-17(15)18/h2-13H,14H2,1H3,(H,23,26)(H,24,28). The van der Waals surface area contributed by atoms with Crippen LogP contribution in [0.25, 0.3) is 10.8 Å². The van der Waals surface area contributed by atoms with E-state index in [1.807, 2.05) is 42.5 Å². The molecule has 0 aliphatic carbocycles. The Morgan fingerprint density at radius 2 is 1.64 bits per heavy atom. The zero-order valence-electron chi connectivity index (χ0n) is 15.3. The van der Waals surface area contributed by atoms with Crippen LogP contribution in [-0.2, 0) is 15.1 Å². The Kier molecular flexibility index (Phi) is 4.31. The lowest BCUT2D eigenvalue weighted by Crippen LogP contribution is -2.42. The second-order valence-corrected chi connectivity index (χ2v) is 6.89. The van der Waals surface area contributed by atoms with Gasteiger partial charge in [-0.3, -0.25) is 14.5 Å². The van der Waals surface area contributed by atoms with E-state index in [1.54, 1.807) is 37.3 Å². The van der Waals surface area contributed by atoms with Crippen LogP contribution in [0.1, 0.15) is 12.5 Å². The number of hydrogen-bond donors (Lipinski definition) is 2. The van der Waals surface area contributed by atoms with Crippen LogP contribution in [-0.4, -0.2) is 29.3 Å². The lowest BCUT2D eigenvalue weighted by molar-refractivity contribution is -0.133. The van der Waals surface area contributed by atoms with Crippen molar-refractivity contribution in [2.24, 2.45) is 0 Å². The molecule has 3 aromatic rings. The van der Waals surface area contributed by atoms with Crippen molar-refractivity contribution < 1.29 is 14.4 Å². The maximum absolute atomic E-state index is 12.9. The molecule has 0 spiro atoms. The largest absolute Gasteiger partial charge is 0.325 e. The Morgan fingerprint density at radius 3 is 2.43 bits per heavy atom. The van der Waals surface area contributed by atoms with Crippen LogP contribution >= 0.6 is 0 Å². The van der Waals surface area contributed by atoms with Crippen molar-refractivity contribution in [1.82, 2.24) is 10.2 Å². The summed E-state index contributed by atoms with van der Waals surface area (Å²) in [5.41, 5.74) is 0.129. The van der Waals surface area contributed by atoms with Gasteiger partial charge in [-0.1, -0.05) is 66.7 Å². The van der Waals surface area contributed by atoms with Crippen LogP contribution in [0.15, 0.2) is 72.8 Å². The lowest BCUT2D eigenvalue weighted by atomic mass is 9.92. The molecular weight excluding hydrogens is 354 g/mol. The second kappa shape index (κ2) is 6.81. The fourth-order valence-electron chi connectivity index (χ4n) is 3.48. The van der Waals surface area contributed by atoms with Gasteiger partial charge < -0.3 is 10.6 Å². The zero-order valence-corrected chi connectivity index (χ0v) is 15.3. The monoisotopic (exact) mass is 373 g/mol. The minimum atomic E-state index is -1.18. The predicted molar refractivity (Wildman–Crippen MR) is 107 cm³/mol. The third-order valence-corrected chi connectivity index (χ3v) is 4.99. The third kappa shape index (κ3) is 2.99. The Morgan fingerprint density at radius 1 is 0.964 bits per heavy atom.